The Morgan fingerprint density at radius 3 is 0.991 bits per heavy atom. The minimum absolute atomic E-state index is 0.112. The Morgan fingerprint density at radius 1 is 0.214 bits per heavy atom. The molecule has 0 atom stereocenters. The topological polar surface area (TPSA) is 273 Å². The van der Waals surface area contributed by atoms with E-state index in [0.29, 0.717) is 68.8 Å². The summed E-state index contributed by atoms with van der Waals surface area (Å²) in [4.78, 5) is 53.6. The molecule has 0 bridgehead atoms. The van der Waals surface area contributed by atoms with Crippen molar-refractivity contribution in [3.05, 3.63) is 267 Å². The van der Waals surface area contributed by atoms with Gasteiger partial charge in [0.25, 0.3) is 0 Å². The Hall–Kier alpha value is -14.0. The smallest absolute Gasteiger partial charge is 0.320 e. The van der Waals surface area contributed by atoms with Gasteiger partial charge in [0.05, 0.1) is 50.7 Å². The van der Waals surface area contributed by atoms with Gasteiger partial charge in [0, 0.05) is 103 Å². The van der Waals surface area contributed by atoms with E-state index >= 15 is 0 Å². The summed E-state index contributed by atoms with van der Waals surface area (Å²) in [6, 6.07) is 86.6. The van der Waals surface area contributed by atoms with E-state index in [-0.39, 0.29) is 47.0 Å². The van der Waals surface area contributed by atoms with Gasteiger partial charge >= 0.3 is 24.0 Å². The fourth-order valence-corrected chi connectivity index (χ4v) is 17.6. The summed E-state index contributed by atoms with van der Waals surface area (Å²) >= 11 is 6.96. The monoisotopic (exact) mass is 1540 g/mol. The summed E-state index contributed by atoms with van der Waals surface area (Å²) in [6.45, 7) is 0. The summed E-state index contributed by atoms with van der Waals surface area (Å²) < 4.78 is 30.8. The van der Waals surface area contributed by atoms with Crippen LogP contribution in [0.3, 0.4) is 0 Å². The third kappa shape index (κ3) is 14.1. The van der Waals surface area contributed by atoms with Crippen molar-refractivity contribution in [1.29, 1.82) is 0 Å². The molecule has 112 heavy (non-hydrogen) atoms. The number of hydrogen-bond acceptors (Lipinski definition) is 24. The SMILES string of the molecule is COc1nc(-c2ccc3c(c2)sc2ccccc23)nc(-c2ccccc2O)n1.COc1nc(-c2ccc3sc4ccccc4c3c2)nc(-c2ccccc2O)n1.COc1nc(-c2ccccc2O)nc(-c2cccc3c2sc2ccccc23)n1.COc1nc(-c2ccccc2O)nc(-c2cccc3sc4ccccc4c23)n1. The van der Waals surface area contributed by atoms with Crippen molar-refractivity contribution in [2.75, 3.05) is 28.4 Å². The lowest BCUT2D eigenvalue weighted by molar-refractivity contribution is 0.379. The molecule has 20 rings (SSSR count). The van der Waals surface area contributed by atoms with E-state index in [1.165, 1.54) is 99.0 Å². The van der Waals surface area contributed by atoms with Crippen LogP contribution in [0.2, 0.25) is 0 Å². The van der Waals surface area contributed by atoms with Crippen molar-refractivity contribution < 1.29 is 39.4 Å². The van der Waals surface area contributed by atoms with Crippen molar-refractivity contribution in [3.8, 4) is 138 Å². The average Bonchev–Trinajstić information content (AvgIpc) is 1.56. The van der Waals surface area contributed by atoms with Crippen molar-refractivity contribution in [3.63, 3.8) is 0 Å². The summed E-state index contributed by atoms with van der Waals surface area (Å²) in [5.41, 5.74) is 5.70. The van der Waals surface area contributed by atoms with Crippen molar-refractivity contribution in [2.45, 2.75) is 0 Å². The molecule has 544 valence electrons. The van der Waals surface area contributed by atoms with Gasteiger partial charge in [0.15, 0.2) is 46.6 Å². The molecule has 20 aromatic rings. The fraction of sp³-hybridized carbons (Fsp3) is 0.0455. The summed E-state index contributed by atoms with van der Waals surface area (Å²) in [5.74, 6) is 3.97. The lowest BCUT2D eigenvalue weighted by Gasteiger charge is -2.09. The minimum atomic E-state index is 0.112. The van der Waals surface area contributed by atoms with Gasteiger partial charge in [-0.3, -0.25) is 0 Å². The number of hydrogen-bond donors (Lipinski definition) is 4. The number of thiophene rings is 4. The molecule has 0 amide bonds. The number of aromatic nitrogens is 12. The highest BCUT2D eigenvalue weighted by molar-refractivity contribution is 7.27. The standard InChI is InChI=1S/4C22H15N3O2S/c1-27-22-24-20(15-8-2-4-11-17(15)26)23-21(25-22)16-10-6-9-14-13-7-3-5-12-18(13)28-19(14)16;1-27-22-24-20(13-7-2-4-10-16(13)26)23-21(25-22)15-9-6-12-18-19(15)14-8-3-5-11-17(14)28-18;1-27-22-24-20(23-21(25-22)16-7-2-4-8-17(16)26)13-10-11-15-14-6-3-5-9-18(14)28-19(15)12-13;1-27-22-24-20(23-21(25-22)15-7-2-4-8-17(15)26)13-10-11-19-16(12-13)14-6-3-5-9-18(14)28-19/h4*2-12,26H,1H3. The first kappa shape index (κ1) is 70.9. The van der Waals surface area contributed by atoms with Crippen LogP contribution in [0.25, 0.3) is 172 Å². The molecule has 0 aliphatic carbocycles. The Kier molecular flexibility index (Phi) is 19.6. The van der Waals surface area contributed by atoms with Crippen molar-refractivity contribution >= 4 is 126 Å². The molecule has 8 aromatic heterocycles. The Bertz CT molecular complexity index is 6950. The molecule has 0 spiro atoms. The van der Waals surface area contributed by atoms with Crippen LogP contribution in [-0.2, 0) is 0 Å². The molecular weight excluding hydrogens is 1480 g/mol. The van der Waals surface area contributed by atoms with Crippen LogP contribution in [0.4, 0.5) is 0 Å². The summed E-state index contributed by atoms with van der Waals surface area (Å²) in [7, 11) is 6.08. The van der Waals surface area contributed by atoms with Crippen LogP contribution >= 0.6 is 45.3 Å². The van der Waals surface area contributed by atoms with Gasteiger partial charge in [-0.25, -0.2) is 19.9 Å². The van der Waals surface area contributed by atoms with E-state index in [0.717, 1.165) is 32.3 Å². The van der Waals surface area contributed by atoms with Gasteiger partial charge in [-0.2, -0.15) is 39.9 Å². The predicted octanol–water partition coefficient (Wildman–Crippen LogP) is 21.2. The number of phenols is 4. The molecule has 0 saturated carbocycles. The van der Waals surface area contributed by atoms with E-state index < -0.39 is 0 Å². The van der Waals surface area contributed by atoms with Crippen LogP contribution in [-0.4, -0.2) is 109 Å². The largest absolute Gasteiger partial charge is 0.507 e. The van der Waals surface area contributed by atoms with E-state index in [1.807, 2.05) is 103 Å². The molecule has 4 N–H and O–H groups in total. The van der Waals surface area contributed by atoms with E-state index in [4.69, 9.17) is 18.9 Å². The number of fused-ring (bicyclic) bond motifs is 12. The Morgan fingerprint density at radius 2 is 0.509 bits per heavy atom. The number of ether oxygens (including phenoxy) is 4. The molecule has 24 heteroatoms. The number of nitrogens with zero attached hydrogens (tertiary/aromatic N) is 12. The van der Waals surface area contributed by atoms with Crippen LogP contribution in [0, 0.1) is 0 Å². The molecule has 0 fully saturated rings. The molecule has 0 radical (unpaired) electrons. The highest BCUT2D eigenvalue weighted by Crippen LogP contribution is 2.44. The molecular formula is C88H60N12O8S4. The molecule has 20 nitrogen and oxygen atoms in total. The first-order valence-electron chi connectivity index (χ1n) is 34.9. The summed E-state index contributed by atoms with van der Waals surface area (Å²) in [6.07, 6.45) is 0. The molecule has 0 aliphatic heterocycles. The van der Waals surface area contributed by atoms with Gasteiger partial charge in [0.2, 0.25) is 0 Å². The highest BCUT2D eigenvalue weighted by Gasteiger charge is 2.22. The molecule has 8 heterocycles. The molecule has 12 aromatic carbocycles. The molecule has 0 saturated heterocycles. The lowest BCUT2D eigenvalue weighted by atomic mass is 10.1. The first-order valence-corrected chi connectivity index (χ1v) is 38.2. The first-order chi connectivity index (χ1) is 54.9. The second-order valence-corrected chi connectivity index (χ2v) is 29.4. The Balaban J connectivity index is 0.000000108. The lowest BCUT2D eigenvalue weighted by Crippen LogP contribution is -2.00. The average molecular weight is 1540 g/mol. The van der Waals surface area contributed by atoms with E-state index in [1.54, 1.807) is 118 Å². The number of phenolic OH excluding ortho intramolecular Hbond substituents is 4. The van der Waals surface area contributed by atoms with Crippen LogP contribution in [0.15, 0.2) is 267 Å². The number of rotatable bonds is 12. The van der Waals surface area contributed by atoms with Gasteiger partial charge < -0.3 is 39.4 Å². The third-order valence-corrected chi connectivity index (χ3v) is 23.0. The number of para-hydroxylation sites is 4. The molecule has 0 unspecified atom stereocenters. The fourth-order valence-electron chi connectivity index (χ4n) is 13.0. The van der Waals surface area contributed by atoms with Gasteiger partial charge in [-0.15, -0.1) is 45.3 Å². The number of aromatic hydroxyl groups is 4. The zero-order chi connectivity index (χ0) is 76.3. The maximum absolute atomic E-state index is 10.2. The van der Waals surface area contributed by atoms with Crippen LogP contribution < -0.4 is 18.9 Å². The highest BCUT2D eigenvalue weighted by atomic mass is 32.1. The maximum atomic E-state index is 10.2. The van der Waals surface area contributed by atoms with Crippen molar-refractivity contribution in [1.82, 2.24) is 59.8 Å². The van der Waals surface area contributed by atoms with Gasteiger partial charge in [0.1, 0.15) is 23.0 Å². The van der Waals surface area contributed by atoms with E-state index in [2.05, 4.69) is 151 Å². The summed E-state index contributed by atoms with van der Waals surface area (Å²) in [5, 5.41) is 50.3. The zero-order valence-electron chi connectivity index (χ0n) is 59.8. The Labute approximate surface area is 654 Å². The molecule has 0 aliphatic rings. The maximum Gasteiger partial charge on any atom is 0.320 e. The predicted molar refractivity (Wildman–Crippen MR) is 447 cm³/mol. The quantitative estimate of drug-likeness (QED) is 0.0885. The zero-order valence-corrected chi connectivity index (χ0v) is 63.1. The minimum Gasteiger partial charge on any atom is -0.507 e. The van der Waals surface area contributed by atoms with Crippen molar-refractivity contribution in [2.24, 2.45) is 0 Å². The van der Waals surface area contributed by atoms with E-state index in [9.17, 15) is 20.4 Å². The van der Waals surface area contributed by atoms with Crippen LogP contribution in [0.1, 0.15) is 0 Å². The normalized spacial score (nSPS) is 11.2. The number of benzene rings is 12. The second-order valence-electron chi connectivity index (χ2n) is 25.1. The van der Waals surface area contributed by atoms with Crippen LogP contribution in [0.5, 0.6) is 47.0 Å². The third-order valence-electron chi connectivity index (χ3n) is 18.3. The second kappa shape index (κ2) is 30.9. The van der Waals surface area contributed by atoms with Gasteiger partial charge in [-0.05, 0) is 109 Å². The van der Waals surface area contributed by atoms with Gasteiger partial charge in [-0.1, -0.05) is 158 Å². The number of methoxy groups -OCH3 is 4.